The smallest absolute Gasteiger partial charge is 0.272 e. The fourth-order valence-corrected chi connectivity index (χ4v) is 3.07. The minimum Gasteiger partial charge on any atom is -0.387 e. The number of rotatable bonds is 3. The molecule has 1 aromatic rings. The molecule has 3 saturated heterocycles. The van der Waals surface area contributed by atoms with E-state index in [0.717, 1.165) is 5.56 Å². The van der Waals surface area contributed by atoms with Crippen LogP contribution in [-0.4, -0.2) is 53.3 Å². The van der Waals surface area contributed by atoms with Crippen molar-refractivity contribution in [2.24, 2.45) is 0 Å². The number of hydrogen-bond acceptors (Lipinski definition) is 6. The van der Waals surface area contributed by atoms with Crippen LogP contribution in [0.5, 0.6) is 0 Å². The van der Waals surface area contributed by atoms with Crippen LogP contribution in [0.1, 0.15) is 5.56 Å². The van der Waals surface area contributed by atoms with Gasteiger partial charge in [0.15, 0.2) is 0 Å². The molecule has 3 aliphatic heterocycles. The Hall–Kier alpha value is -1.02. The van der Waals surface area contributed by atoms with Gasteiger partial charge in [-0.2, -0.15) is 0 Å². The van der Waals surface area contributed by atoms with E-state index in [2.05, 4.69) is 0 Å². The number of aliphatic hydroxyl groups is 2. The van der Waals surface area contributed by atoms with Gasteiger partial charge in [-0.25, -0.2) is 0 Å². The molecule has 6 heteroatoms. The summed E-state index contributed by atoms with van der Waals surface area (Å²) in [4.78, 5) is 0. The third-order valence-corrected chi connectivity index (χ3v) is 4.08. The fraction of sp³-hybridized carbons (Fsp3) is 0.571. The maximum Gasteiger partial charge on any atom is 0.272 e. The summed E-state index contributed by atoms with van der Waals surface area (Å²) < 4.78 is 22.0. The van der Waals surface area contributed by atoms with Crippen molar-refractivity contribution in [2.75, 3.05) is 0 Å². The third-order valence-electron chi connectivity index (χ3n) is 4.08. The normalized spacial score (nSPS) is 45.8. The SMILES string of the molecule is O[C@H]1C2OC3O[C@@H]1C(OCc1ccccc1)[C@H](O3)[C@H]2O. The van der Waals surface area contributed by atoms with Gasteiger partial charge < -0.3 is 29.2 Å². The molecular formula is C14H16O6. The van der Waals surface area contributed by atoms with E-state index in [1.54, 1.807) is 0 Å². The summed E-state index contributed by atoms with van der Waals surface area (Å²) in [6.07, 6.45) is -4.01. The molecule has 1 aliphatic carbocycles. The Bertz CT molecular complexity index is 460. The summed E-state index contributed by atoms with van der Waals surface area (Å²) in [7, 11) is 0. The zero-order chi connectivity index (χ0) is 13.7. The lowest BCUT2D eigenvalue weighted by atomic mass is 9.82. The summed E-state index contributed by atoms with van der Waals surface area (Å²) in [5, 5.41) is 20.2. The largest absolute Gasteiger partial charge is 0.387 e. The average molecular weight is 280 g/mol. The van der Waals surface area contributed by atoms with E-state index in [0.29, 0.717) is 6.61 Å². The molecule has 4 fully saturated rings. The molecule has 4 aliphatic rings. The van der Waals surface area contributed by atoms with E-state index < -0.39 is 43.1 Å². The molecule has 2 N–H and O–H groups in total. The molecule has 20 heavy (non-hydrogen) atoms. The molecule has 0 aromatic heterocycles. The van der Waals surface area contributed by atoms with E-state index in [-0.39, 0.29) is 0 Å². The molecule has 0 radical (unpaired) electrons. The van der Waals surface area contributed by atoms with Crippen LogP contribution in [0.3, 0.4) is 0 Å². The topological polar surface area (TPSA) is 77.4 Å². The minimum atomic E-state index is -0.901. The zero-order valence-corrected chi connectivity index (χ0v) is 10.7. The average Bonchev–Trinajstić information content (AvgIpc) is 2.48. The Balaban J connectivity index is 1.50. The van der Waals surface area contributed by atoms with Crippen LogP contribution in [0, 0.1) is 0 Å². The lowest BCUT2D eigenvalue weighted by molar-refractivity contribution is -0.484. The van der Waals surface area contributed by atoms with E-state index >= 15 is 0 Å². The van der Waals surface area contributed by atoms with Gasteiger partial charge in [-0.1, -0.05) is 30.3 Å². The molecule has 3 heterocycles. The lowest BCUT2D eigenvalue weighted by Gasteiger charge is -2.56. The Labute approximate surface area is 115 Å². The summed E-state index contributed by atoms with van der Waals surface area (Å²) in [6.45, 7) is -0.431. The fourth-order valence-electron chi connectivity index (χ4n) is 3.07. The first-order chi connectivity index (χ1) is 9.74. The van der Waals surface area contributed by atoms with Crippen LogP contribution < -0.4 is 0 Å². The van der Waals surface area contributed by atoms with Crippen molar-refractivity contribution in [3.05, 3.63) is 35.9 Å². The molecule has 0 amide bonds. The maximum atomic E-state index is 10.1. The Morgan fingerprint density at radius 1 is 0.900 bits per heavy atom. The molecule has 5 rings (SSSR count). The Kier molecular flexibility index (Phi) is 3.03. The van der Waals surface area contributed by atoms with Crippen molar-refractivity contribution in [1.29, 1.82) is 0 Å². The lowest BCUT2D eigenvalue weighted by Crippen LogP contribution is -2.75. The molecule has 1 aromatic carbocycles. The highest BCUT2D eigenvalue weighted by Gasteiger charge is 2.61. The Morgan fingerprint density at radius 2 is 1.50 bits per heavy atom. The van der Waals surface area contributed by atoms with Crippen molar-refractivity contribution >= 4 is 0 Å². The predicted octanol–water partition coefficient (Wildman–Crippen LogP) is -0.226. The first kappa shape index (κ1) is 12.7. The van der Waals surface area contributed by atoms with Gasteiger partial charge in [-0.3, -0.25) is 0 Å². The summed E-state index contributed by atoms with van der Waals surface area (Å²) in [5.41, 5.74) is 1.02. The number of aliphatic hydroxyl groups excluding tert-OH is 2. The van der Waals surface area contributed by atoms with Gasteiger partial charge in [0.1, 0.15) is 36.6 Å². The molecule has 7 atom stereocenters. The molecule has 0 spiro atoms. The third kappa shape index (κ3) is 1.88. The van der Waals surface area contributed by atoms with Gasteiger partial charge in [0, 0.05) is 0 Å². The monoisotopic (exact) mass is 280 g/mol. The van der Waals surface area contributed by atoms with Crippen molar-refractivity contribution in [3.8, 4) is 0 Å². The van der Waals surface area contributed by atoms with Gasteiger partial charge in [-0.15, -0.1) is 0 Å². The molecular weight excluding hydrogens is 264 g/mol. The molecule has 6 nitrogen and oxygen atoms in total. The van der Waals surface area contributed by atoms with Crippen LogP contribution in [0.25, 0.3) is 0 Å². The van der Waals surface area contributed by atoms with Crippen LogP contribution in [-0.2, 0) is 25.6 Å². The number of benzene rings is 1. The predicted molar refractivity (Wildman–Crippen MR) is 65.4 cm³/mol. The Morgan fingerprint density at radius 3 is 2.15 bits per heavy atom. The second-order valence-electron chi connectivity index (χ2n) is 5.33. The highest BCUT2D eigenvalue weighted by atomic mass is 16.9. The first-order valence-electron chi connectivity index (χ1n) is 6.72. The molecule has 1 saturated carbocycles. The van der Waals surface area contributed by atoms with Crippen LogP contribution in [0.4, 0.5) is 0 Å². The minimum absolute atomic E-state index is 0.376. The van der Waals surface area contributed by atoms with E-state index in [1.807, 2.05) is 30.3 Å². The van der Waals surface area contributed by atoms with Crippen LogP contribution in [0.2, 0.25) is 0 Å². The van der Waals surface area contributed by atoms with Crippen LogP contribution >= 0.6 is 0 Å². The van der Waals surface area contributed by atoms with Gasteiger partial charge in [-0.05, 0) is 5.56 Å². The van der Waals surface area contributed by atoms with E-state index in [9.17, 15) is 10.2 Å². The van der Waals surface area contributed by atoms with Crippen molar-refractivity contribution in [3.63, 3.8) is 0 Å². The summed E-state index contributed by atoms with van der Waals surface area (Å²) in [6, 6.07) is 9.70. The second-order valence-corrected chi connectivity index (χ2v) is 5.33. The van der Waals surface area contributed by atoms with Crippen molar-refractivity contribution in [2.45, 2.75) is 49.7 Å². The summed E-state index contributed by atoms with van der Waals surface area (Å²) in [5.74, 6) is 0. The van der Waals surface area contributed by atoms with Gasteiger partial charge in [0.2, 0.25) is 0 Å². The highest BCUT2D eigenvalue weighted by molar-refractivity contribution is 5.14. The standard InChI is InChI=1S/C14H16O6/c15-8-10-9(16)12-13(11(8)19-14(18-10)20-12)17-6-7-4-2-1-3-5-7/h1-5,8-16H,6H2/t8-,9-,10?,11-,12+,13?,14?/m0/s1. The second kappa shape index (κ2) is 4.77. The maximum absolute atomic E-state index is 10.1. The first-order valence-corrected chi connectivity index (χ1v) is 6.72. The number of ether oxygens (including phenoxy) is 4. The van der Waals surface area contributed by atoms with Crippen LogP contribution in [0.15, 0.2) is 30.3 Å². The van der Waals surface area contributed by atoms with E-state index in [4.69, 9.17) is 18.9 Å². The number of hydrogen-bond donors (Lipinski definition) is 2. The molecule has 3 unspecified atom stereocenters. The van der Waals surface area contributed by atoms with Gasteiger partial charge >= 0.3 is 0 Å². The van der Waals surface area contributed by atoms with Gasteiger partial charge in [0.25, 0.3) is 6.48 Å². The zero-order valence-electron chi connectivity index (χ0n) is 10.7. The van der Waals surface area contributed by atoms with Crippen molar-refractivity contribution < 1.29 is 29.2 Å². The van der Waals surface area contributed by atoms with Crippen molar-refractivity contribution in [1.82, 2.24) is 0 Å². The summed E-state index contributed by atoms with van der Waals surface area (Å²) >= 11 is 0. The molecule has 108 valence electrons. The quantitative estimate of drug-likeness (QED) is 0.796. The van der Waals surface area contributed by atoms with Gasteiger partial charge in [0.05, 0.1) is 6.61 Å². The van der Waals surface area contributed by atoms with E-state index in [1.165, 1.54) is 0 Å². The highest BCUT2D eigenvalue weighted by Crippen LogP contribution is 2.41. The molecule has 4 bridgehead atoms.